The smallest absolute Gasteiger partial charge is 0.312 e. The first-order valence-electron chi connectivity index (χ1n) is 6.50. The van der Waals surface area contributed by atoms with Crippen LogP contribution in [0.4, 0.5) is 4.79 Å². The molecule has 20 heavy (non-hydrogen) atoms. The Bertz CT molecular complexity index is 491. The number of amides is 2. The third kappa shape index (κ3) is 4.07. The fourth-order valence-electron chi connectivity index (χ4n) is 1.99. The van der Waals surface area contributed by atoms with Gasteiger partial charge in [0, 0.05) is 19.3 Å². The van der Waals surface area contributed by atoms with Gasteiger partial charge in [-0.1, -0.05) is 36.4 Å². The zero-order chi connectivity index (χ0) is 14.2. The maximum absolute atomic E-state index is 10.7. The summed E-state index contributed by atoms with van der Waals surface area (Å²) in [5.74, 6) is 0. The van der Waals surface area contributed by atoms with Crippen LogP contribution in [0, 0.1) is 0 Å². The summed E-state index contributed by atoms with van der Waals surface area (Å²) in [5.41, 5.74) is 7.11. The second-order valence-electron chi connectivity index (χ2n) is 4.34. The molecule has 4 N–H and O–H groups in total. The minimum absolute atomic E-state index is 0.00734. The third-order valence-electron chi connectivity index (χ3n) is 2.89. The van der Waals surface area contributed by atoms with Crippen molar-refractivity contribution in [3.8, 4) is 0 Å². The number of aromatic nitrogens is 1. The highest BCUT2D eigenvalue weighted by atomic mass is 16.2. The van der Waals surface area contributed by atoms with Crippen molar-refractivity contribution in [2.45, 2.75) is 6.04 Å². The second kappa shape index (κ2) is 7.25. The number of primary amides is 1. The minimum Gasteiger partial charge on any atom is -0.352 e. The normalized spacial score (nSPS) is 11.8. The second-order valence-corrected chi connectivity index (χ2v) is 4.34. The van der Waals surface area contributed by atoms with Crippen molar-refractivity contribution >= 4 is 6.03 Å². The third-order valence-corrected chi connectivity index (χ3v) is 2.89. The Hall–Kier alpha value is -2.40. The van der Waals surface area contributed by atoms with Gasteiger partial charge < -0.3 is 16.4 Å². The first-order chi connectivity index (χ1) is 9.77. The molecule has 0 aliphatic heterocycles. The molecule has 0 bridgehead atoms. The summed E-state index contributed by atoms with van der Waals surface area (Å²) < 4.78 is 0. The van der Waals surface area contributed by atoms with Crippen LogP contribution in [0.25, 0.3) is 0 Å². The molecule has 0 saturated heterocycles. The van der Waals surface area contributed by atoms with Gasteiger partial charge in [0.05, 0.1) is 11.7 Å². The first kappa shape index (κ1) is 14.0. The van der Waals surface area contributed by atoms with Gasteiger partial charge in [0.25, 0.3) is 0 Å². The van der Waals surface area contributed by atoms with Crippen LogP contribution >= 0.6 is 0 Å². The van der Waals surface area contributed by atoms with Crippen LogP contribution in [0.5, 0.6) is 0 Å². The quantitative estimate of drug-likeness (QED) is 0.695. The van der Waals surface area contributed by atoms with Gasteiger partial charge in [0.15, 0.2) is 0 Å². The van der Waals surface area contributed by atoms with Crippen molar-refractivity contribution < 1.29 is 4.79 Å². The maximum Gasteiger partial charge on any atom is 0.312 e. The van der Waals surface area contributed by atoms with E-state index in [9.17, 15) is 4.79 Å². The molecule has 1 unspecified atom stereocenters. The summed E-state index contributed by atoms with van der Waals surface area (Å²) >= 11 is 0. The number of nitrogens with zero attached hydrogens (tertiary/aromatic N) is 1. The number of pyridine rings is 1. The topological polar surface area (TPSA) is 80.0 Å². The van der Waals surface area contributed by atoms with Crippen molar-refractivity contribution in [3.05, 3.63) is 66.0 Å². The van der Waals surface area contributed by atoms with E-state index in [1.54, 1.807) is 6.20 Å². The lowest BCUT2D eigenvalue weighted by Gasteiger charge is -2.18. The summed E-state index contributed by atoms with van der Waals surface area (Å²) in [5, 5.41) is 5.93. The highest BCUT2D eigenvalue weighted by Gasteiger charge is 2.13. The van der Waals surface area contributed by atoms with Gasteiger partial charge in [-0.05, 0) is 17.7 Å². The highest BCUT2D eigenvalue weighted by molar-refractivity contribution is 5.71. The molecular weight excluding hydrogens is 252 g/mol. The van der Waals surface area contributed by atoms with E-state index in [1.807, 2.05) is 48.5 Å². The minimum atomic E-state index is -0.513. The summed E-state index contributed by atoms with van der Waals surface area (Å²) in [6.45, 7) is 1.09. The lowest BCUT2D eigenvalue weighted by Crippen LogP contribution is -2.36. The van der Waals surface area contributed by atoms with E-state index in [-0.39, 0.29) is 6.04 Å². The SMILES string of the molecule is NC(=O)NCCNC(c1ccccc1)c1ccccn1. The lowest BCUT2D eigenvalue weighted by molar-refractivity contribution is 0.249. The number of nitrogens with two attached hydrogens (primary N) is 1. The Morgan fingerprint density at radius 2 is 1.85 bits per heavy atom. The Kier molecular flexibility index (Phi) is 5.08. The molecule has 0 fully saturated rings. The number of carbonyl (C=O) groups excluding carboxylic acids is 1. The fraction of sp³-hybridized carbons (Fsp3) is 0.200. The number of urea groups is 1. The monoisotopic (exact) mass is 270 g/mol. The van der Waals surface area contributed by atoms with E-state index < -0.39 is 6.03 Å². The summed E-state index contributed by atoms with van der Waals surface area (Å²) in [4.78, 5) is 15.0. The van der Waals surface area contributed by atoms with Gasteiger partial charge in [-0.15, -0.1) is 0 Å². The van der Waals surface area contributed by atoms with Crippen molar-refractivity contribution in [2.24, 2.45) is 5.73 Å². The molecule has 2 amide bonds. The first-order valence-corrected chi connectivity index (χ1v) is 6.50. The van der Waals surface area contributed by atoms with Crippen molar-refractivity contribution in [1.29, 1.82) is 0 Å². The molecular formula is C15H18N4O. The van der Waals surface area contributed by atoms with Crippen LogP contribution in [0.15, 0.2) is 54.7 Å². The number of benzene rings is 1. The number of hydrogen-bond donors (Lipinski definition) is 3. The Labute approximate surface area is 118 Å². The molecule has 0 radical (unpaired) electrons. The molecule has 2 rings (SSSR count). The van der Waals surface area contributed by atoms with E-state index >= 15 is 0 Å². The van der Waals surface area contributed by atoms with Crippen molar-refractivity contribution in [1.82, 2.24) is 15.6 Å². The molecule has 0 spiro atoms. The van der Waals surface area contributed by atoms with Crippen LogP contribution in [0.1, 0.15) is 17.3 Å². The predicted octanol–water partition coefficient (Wildman–Crippen LogP) is 1.43. The van der Waals surface area contributed by atoms with Gasteiger partial charge in [-0.3, -0.25) is 4.98 Å². The average Bonchev–Trinajstić information content (AvgIpc) is 2.49. The molecule has 0 aliphatic carbocycles. The Morgan fingerprint density at radius 3 is 2.50 bits per heavy atom. The summed E-state index contributed by atoms with van der Waals surface area (Å²) in [6, 6.07) is 15.4. The van der Waals surface area contributed by atoms with E-state index in [2.05, 4.69) is 15.6 Å². The van der Waals surface area contributed by atoms with E-state index in [1.165, 1.54) is 0 Å². The zero-order valence-electron chi connectivity index (χ0n) is 11.1. The predicted molar refractivity (Wildman–Crippen MR) is 78.1 cm³/mol. The standard InChI is InChI=1S/C15H18N4O/c16-15(20)19-11-10-18-14(12-6-2-1-3-7-12)13-8-4-5-9-17-13/h1-9,14,18H,10-11H2,(H3,16,19,20). The van der Waals surface area contributed by atoms with Crippen LogP contribution in [-0.2, 0) is 0 Å². The molecule has 1 atom stereocenters. The van der Waals surface area contributed by atoms with Gasteiger partial charge >= 0.3 is 6.03 Å². The van der Waals surface area contributed by atoms with Gasteiger partial charge in [0.2, 0.25) is 0 Å². The van der Waals surface area contributed by atoms with Crippen LogP contribution in [0.2, 0.25) is 0 Å². The van der Waals surface area contributed by atoms with Crippen LogP contribution in [-0.4, -0.2) is 24.1 Å². The number of carbonyl (C=O) groups is 1. The largest absolute Gasteiger partial charge is 0.352 e. The number of hydrogen-bond acceptors (Lipinski definition) is 3. The molecule has 5 heteroatoms. The molecule has 0 saturated carbocycles. The van der Waals surface area contributed by atoms with Gasteiger partial charge in [-0.25, -0.2) is 4.79 Å². The Balaban J connectivity index is 2.07. The van der Waals surface area contributed by atoms with Crippen molar-refractivity contribution in [3.63, 3.8) is 0 Å². The molecule has 5 nitrogen and oxygen atoms in total. The summed E-state index contributed by atoms with van der Waals surface area (Å²) in [7, 11) is 0. The molecule has 1 heterocycles. The number of rotatable bonds is 6. The van der Waals surface area contributed by atoms with Gasteiger partial charge in [0.1, 0.15) is 0 Å². The molecule has 2 aromatic rings. The highest BCUT2D eigenvalue weighted by Crippen LogP contribution is 2.19. The van der Waals surface area contributed by atoms with E-state index in [0.717, 1.165) is 11.3 Å². The molecule has 104 valence electrons. The van der Waals surface area contributed by atoms with Crippen LogP contribution in [0.3, 0.4) is 0 Å². The van der Waals surface area contributed by atoms with Gasteiger partial charge in [-0.2, -0.15) is 0 Å². The fourth-order valence-corrected chi connectivity index (χ4v) is 1.99. The number of nitrogens with one attached hydrogen (secondary N) is 2. The Morgan fingerprint density at radius 1 is 1.10 bits per heavy atom. The molecule has 0 aliphatic rings. The van der Waals surface area contributed by atoms with E-state index in [0.29, 0.717) is 13.1 Å². The molecule has 1 aromatic carbocycles. The lowest BCUT2D eigenvalue weighted by atomic mass is 10.0. The van der Waals surface area contributed by atoms with E-state index in [4.69, 9.17) is 5.73 Å². The van der Waals surface area contributed by atoms with Crippen molar-refractivity contribution in [2.75, 3.05) is 13.1 Å². The summed E-state index contributed by atoms with van der Waals surface area (Å²) in [6.07, 6.45) is 1.77. The zero-order valence-corrected chi connectivity index (χ0v) is 11.1. The maximum atomic E-state index is 10.7. The average molecular weight is 270 g/mol. The molecule has 1 aromatic heterocycles. The van der Waals surface area contributed by atoms with Crippen LogP contribution < -0.4 is 16.4 Å².